The maximum Gasteiger partial charge on any atom is 0.335 e. The van der Waals surface area contributed by atoms with E-state index in [0.29, 0.717) is 49.9 Å². The molecule has 2 saturated heterocycles. The van der Waals surface area contributed by atoms with Gasteiger partial charge in [0.15, 0.2) is 36.4 Å². The van der Waals surface area contributed by atoms with Crippen molar-refractivity contribution in [2.45, 2.75) is 231 Å². The molecule has 8 N–H and O–H groups in total. The Morgan fingerprint density at radius 3 is 1.60 bits per heavy atom. The lowest BCUT2D eigenvalue weighted by Gasteiger charge is -2.62. The number of esters is 3. The zero-order valence-corrected chi connectivity index (χ0v) is 48.3. The molecule has 22 nitrogen and oxygen atoms in total. The second-order valence-corrected chi connectivity index (χ2v) is 27.0. The van der Waals surface area contributed by atoms with E-state index in [2.05, 4.69) is 33.8 Å². The van der Waals surface area contributed by atoms with Crippen LogP contribution in [0.25, 0.3) is 0 Å². The summed E-state index contributed by atoms with van der Waals surface area (Å²) in [4.78, 5) is 84.2. The smallest absolute Gasteiger partial charge is 0.335 e. The molecule has 7 saturated carbocycles. The summed E-state index contributed by atoms with van der Waals surface area (Å²) in [7, 11) is 0. The highest BCUT2D eigenvalue weighted by Crippen LogP contribution is 2.69. The van der Waals surface area contributed by atoms with Crippen LogP contribution < -0.4 is 0 Å². The van der Waals surface area contributed by atoms with Crippen LogP contribution in [0, 0.1) is 74.9 Å². The lowest BCUT2D eigenvalue weighted by atomic mass is 9.43. The molecule has 0 aromatic heterocycles. The van der Waals surface area contributed by atoms with Crippen molar-refractivity contribution in [2.24, 2.45) is 74.9 Å². The van der Waals surface area contributed by atoms with Crippen LogP contribution in [0.5, 0.6) is 0 Å². The van der Waals surface area contributed by atoms with Crippen molar-refractivity contribution in [1.29, 1.82) is 0 Å². The first kappa shape index (κ1) is 62.6. The summed E-state index contributed by atoms with van der Waals surface area (Å²) in [5, 5.41) is 79.9. The van der Waals surface area contributed by atoms with Crippen LogP contribution in [0.1, 0.15) is 151 Å². The van der Waals surface area contributed by atoms with Crippen LogP contribution in [-0.4, -0.2) is 175 Å². The predicted molar refractivity (Wildman–Crippen MR) is 283 cm³/mol. The quantitative estimate of drug-likeness (QED) is 0.0565. The number of carboxylic acid groups (broad SMARTS) is 2. The van der Waals surface area contributed by atoms with E-state index in [1.165, 1.54) is 26.3 Å². The first-order valence-corrected chi connectivity index (χ1v) is 29.9. The highest BCUT2D eigenvalue weighted by molar-refractivity contribution is 5.86. The largest absolute Gasteiger partial charge is 0.479 e. The molecule has 0 amide bonds. The van der Waals surface area contributed by atoms with Gasteiger partial charge in [0.1, 0.15) is 55.9 Å². The van der Waals surface area contributed by atoms with E-state index in [1.807, 2.05) is 0 Å². The number of Topliss-reactive ketones (excluding diaryl/α,β-unsaturated/α-hetero) is 2. The van der Waals surface area contributed by atoms with E-state index in [9.17, 15) is 74.4 Å². The van der Waals surface area contributed by atoms with Crippen molar-refractivity contribution >= 4 is 41.4 Å². The number of carboxylic acids is 2. The first-order valence-electron chi connectivity index (χ1n) is 29.9. The second kappa shape index (κ2) is 24.1. The van der Waals surface area contributed by atoms with Gasteiger partial charge < -0.3 is 74.0 Å². The Balaban J connectivity index is 0.000000198. The van der Waals surface area contributed by atoms with Gasteiger partial charge in [-0.3, -0.25) is 24.0 Å². The van der Waals surface area contributed by atoms with Crippen molar-refractivity contribution in [2.75, 3.05) is 13.2 Å². The number of ketones is 2. The van der Waals surface area contributed by atoms with Crippen LogP contribution in [0.15, 0.2) is 11.6 Å². The van der Waals surface area contributed by atoms with E-state index in [-0.39, 0.29) is 106 Å². The molecule has 0 aromatic carbocycles. The van der Waals surface area contributed by atoms with Crippen LogP contribution >= 0.6 is 0 Å². The lowest BCUT2D eigenvalue weighted by molar-refractivity contribution is -0.310. The van der Waals surface area contributed by atoms with Gasteiger partial charge in [0.2, 0.25) is 0 Å². The third-order valence-electron chi connectivity index (χ3n) is 22.8. The molecule has 2 aliphatic heterocycles. The summed E-state index contributed by atoms with van der Waals surface area (Å²) in [5.41, 5.74) is 0.665. The minimum atomic E-state index is -1.78. The van der Waals surface area contributed by atoms with E-state index < -0.39 is 85.3 Å². The van der Waals surface area contributed by atoms with Gasteiger partial charge in [-0.25, -0.2) is 9.59 Å². The van der Waals surface area contributed by atoms with E-state index in [0.717, 1.165) is 70.6 Å². The molecule has 10 aliphatic rings. The first-order chi connectivity index (χ1) is 38.5. The highest BCUT2D eigenvalue weighted by atomic mass is 16.7. The molecule has 82 heavy (non-hydrogen) atoms. The molecule has 460 valence electrons. The van der Waals surface area contributed by atoms with Gasteiger partial charge >= 0.3 is 29.8 Å². The maximum absolute atomic E-state index is 13.2. The molecule has 22 heteroatoms. The number of rotatable bonds is 13. The average molecular weight is 1160 g/mol. The standard InChI is InChI=1S/C31H46O12.C29H42O10/c1-14(32)40-13-21(34)20-8-7-19-18-6-5-16-11-17(42-29-26(37)24(35)25(36)27(43-29)28(38)39)9-10-30(16,3)23(18)22(41-15(2)33)12-31(19,20)4;1-14(30)37-13-21(31)20-7-6-18-17-5-4-15-12-16(8-10-28(15,2)19(17)9-11-29(18,20)3)38-27-24(34)22(32)23(33)25(39-27)26(35)36/h16-20,22-27,29,35-37H,5-13H2,1-4H3,(H,38,39);4,16-20,22-25,27,32-34H,5-13H2,1-3H3,(H,35,36)/t16-,17-,18?,19?,20-,22-,23?,24+,25+,26-,27+,29?,30+,31+;16-,17-,18-,19-,20+,22+,23-,24+,25-,27?,28-,29-/m10/s1. The van der Waals surface area contributed by atoms with Gasteiger partial charge in [0, 0.05) is 38.5 Å². The van der Waals surface area contributed by atoms with Crippen LogP contribution in [0.4, 0.5) is 0 Å². The van der Waals surface area contributed by atoms with Crippen molar-refractivity contribution in [3.8, 4) is 0 Å². The Labute approximate surface area is 478 Å². The molecule has 0 aromatic rings. The highest BCUT2D eigenvalue weighted by Gasteiger charge is 2.66. The van der Waals surface area contributed by atoms with Crippen molar-refractivity contribution in [3.05, 3.63) is 11.6 Å². The minimum Gasteiger partial charge on any atom is -0.479 e. The number of carbonyl (C=O) groups is 7. The predicted octanol–water partition coefficient (Wildman–Crippen LogP) is 3.57. The summed E-state index contributed by atoms with van der Waals surface area (Å²) in [6, 6.07) is 0. The number of carbonyl (C=O) groups excluding carboxylic acids is 5. The van der Waals surface area contributed by atoms with E-state index in [1.54, 1.807) is 0 Å². The van der Waals surface area contributed by atoms with Crippen molar-refractivity contribution in [1.82, 2.24) is 0 Å². The molecular weight excluding hydrogens is 1070 g/mol. The SMILES string of the molecule is CC(=O)OCC(=O)[C@H]1CCC2C3CC[C@@H]4C[C@H](OC5O[C@H](C(=O)O)[C@@H](O)[C@H](O)[C@H]5O)CC[C@]4(C)C3[C@H](OC(C)=O)C[C@@]21C.CC(=O)OCC(=O)[C@H]1CC[C@H]2[C@@H]3CC=C4C[C@@H](OC5O[C@H](C(=O)O)[C@@H](O)[C@@H](O)[C@H]5O)CC[C@]4(C)[C@H]3CC[C@]12C. The topological polar surface area (TPSA) is 346 Å². The number of aliphatic carboxylic acids is 2. The monoisotopic (exact) mass is 1160 g/mol. The van der Waals surface area contributed by atoms with Gasteiger partial charge in [-0.1, -0.05) is 39.3 Å². The van der Waals surface area contributed by atoms with Gasteiger partial charge in [-0.05, 0) is 160 Å². The molecule has 0 spiro atoms. The van der Waals surface area contributed by atoms with E-state index >= 15 is 0 Å². The third kappa shape index (κ3) is 11.5. The summed E-state index contributed by atoms with van der Waals surface area (Å²) < 4.78 is 39.0. The number of aliphatic hydroxyl groups excluding tert-OH is 6. The molecule has 10 rings (SSSR count). The fraction of sp³-hybridized carbons (Fsp3) is 0.850. The number of hydrogen-bond donors (Lipinski definition) is 8. The summed E-state index contributed by atoms with van der Waals surface area (Å²) in [5.74, 6) is -2.30. The number of fused-ring (bicyclic) bond motifs is 10. The van der Waals surface area contributed by atoms with Crippen LogP contribution in [0.3, 0.4) is 0 Å². The zero-order valence-electron chi connectivity index (χ0n) is 48.3. The molecule has 0 radical (unpaired) electrons. The van der Waals surface area contributed by atoms with Crippen LogP contribution in [0.2, 0.25) is 0 Å². The summed E-state index contributed by atoms with van der Waals surface area (Å²) >= 11 is 0. The normalized spacial score (nSPS) is 47.4. The summed E-state index contributed by atoms with van der Waals surface area (Å²) in [6.07, 6.45) is -1.98. The molecule has 0 bridgehead atoms. The molecular formula is C60H88O22. The fourth-order valence-corrected chi connectivity index (χ4v) is 18.8. The number of allylic oxidation sites excluding steroid dienone is 1. The Hall–Kier alpha value is -3.97. The van der Waals surface area contributed by atoms with Gasteiger partial charge in [0.05, 0.1) is 12.2 Å². The average Bonchev–Trinajstić information content (AvgIpc) is 1.99. The third-order valence-corrected chi connectivity index (χ3v) is 22.8. The van der Waals surface area contributed by atoms with Crippen LogP contribution in [-0.2, 0) is 66.7 Å². The Morgan fingerprint density at radius 1 is 0.549 bits per heavy atom. The minimum absolute atomic E-state index is 0.00467. The van der Waals surface area contributed by atoms with Gasteiger partial charge in [-0.2, -0.15) is 0 Å². The zero-order chi connectivity index (χ0) is 59.7. The molecule has 5 unspecified atom stereocenters. The van der Waals surface area contributed by atoms with Gasteiger partial charge in [0.25, 0.3) is 0 Å². The Morgan fingerprint density at radius 2 is 1.06 bits per heavy atom. The number of ether oxygens (including phenoxy) is 7. The van der Waals surface area contributed by atoms with Crippen molar-refractivity contribution < 1.29 is 108 Å². The fourth-order valence-electron chi connectivity index (χ4n) is 18.8. The van der Waals surface area contributed by atoms with Gasteiger partial charge in [-0.15, -0.1) is 0 Å². The number of hydrogen-bond acceptors (Lipinski definition) is 20. The maximum atomic E-state index is 13.2. The molecule has 8 aliphatic carbocycles. The van der Waals surface area contributed by atoms with Crippen molar-refractivity contribution in [3.63, 3.8) is 0 Å². The molecule has 26 atom stereocenters. The molecule has 2 heterocycles. The Kier molecular flexibility index (Phi) is 18.4. The lowest BCUT2D eigenvalue weighted by Crippen LogP contribution is -2.62. The second-order valence-electron chi connectivity index (χ2n) is 27.0. The molecule has 9 fully saturated rings. The summed E-state index contributed by atoms with van der Waals surface area (Å²) in [6.45, 7) is 12.6. The van der Waals surface area contributed by atoms with E-state index in [4.69, 9.17) is 33.2 Å². The number of aliphatic hydroxyl groups is 6. The Bertz CT molecular complexity index is 2470.